The number of hydrogen-bond acceptors (Lipinski definition) is 6. The van der Waals surface area contributed by atoms with Crippen LogP contribution < -0.4 is 10.6 Å². The third-order valence-corrected chi connectivity index (χ3v) is 5.66. The molecule has 0 unspecified atom stereocenters. The molecule has 3 N–H and O–H groups in total. The van der Waals surface area contributed by atoms with Gasteiger partial charge in [0.15, 0.2) is 0 Å². The van der Waals surface area contributed by atoms with Crippen LogP contribution >= 0.6 is 15.9 Å². The average Bonchev–Trinajstić information content (AvgIpc) is 3.05. The quantitative estimate of drug-likeness (QED) is 0.542. The second-order valence-corrected chi connectivity index (χ2v) is 11.4. The van der Waals surface area contributed by atoms with E-state index in [0.29, 0.717) is 5.69 Å². The van der Waals surface area contributed by atoms with E-state index in [1.165, 1.54) is 4.90 Å². The molecule has 0 saturated carbocycles. The van der Waals surface area contributed by atoms with Crippen molar-refractivity contribution >= 4 is 33.8 Å². The third kappa shape index (κ3) is 7.67. The van der Waals surface area contributed by atoms with Gasteiger partial charge in [-0.1, -0.05) is 20.8 Å². The summed E-state index contributed by atoms with van der Waals surface area (Å²) in [5.41, 5.74) is -0.710. The van der Waals surface area contributed by atoms with Gasteiger partial charge in [0.2, 0.25) is 11.8 Å². The molecule has 33 heavy (non-hydrogen) atoms. The van der Waals surface area contributed by atoms with Crippen LogP contribution in [0.15, 0.2) is 22.8 Å². The molecule has 1 fully saturated rings. The number of rotatable bonds is 5. The fourth-order valence-electron chi connectivity index (χ4n) is 3.57. The zero-order valence-corrected chi connectivity index (χ0v) is 21.9. The van der Waals surface area contributed by atoms with Gasteiger partial charge in [-0.05, 0) is 61.2 Å². The summed E-state index contributed by atoms with van der Waals surface area (Å²) in [6, 6.07) is 1.42. The van der Waals surface area contributed by atoms with Gasteiger partial charge in [0.1, 0.15) is 17.7 Å². The normalized spacial score (nSPS) is 20.7. The first kappa shape index (κ1) is 27.0. The first-order chi connectivity index (χ1) is 15.1. The van der Waals surface area contributed by atoms with Crippen LogP contribution in [0.5, 0.6) is 0 Å². The third-order valence-electron chi connectivity index (χ3n) is 5.19. The Morgan fingerprint density at radius 1 is 1.18 bits per heavy atom. The maximum Gasteiger partial charge on any atom is 0.408 e. The highest BCUT2D eigenvalue weighted by Crippen LogP contribution is 2.27. The highest BCUT2D eigenvalue weighted by molar-refractivity contribution is 9.10. The van der Waals surface area contributed by atoms with Crippen LogP contribution in [0, 0.1) is 5.41 Å². The van der Waals surface area contributed by atoms with Crippen LogP contribution in [0.3, 0.4) is 0 Å². The van der Waals surface area contributed by atoms with Crippen molar-refractivity contribution in [1.82, 2.24) is 20.5 Å². The van der Waals surface area contributed by atoms with Gasteiger partial charge in [0, 0.05) is 23.6 Å². The number of alkyl carbamates (subject to hydrolysis) is 1. The van der Waals surface area contributed by atoms with Gasteiger partial charge >= 0.3 is 6.09 Å². The lowest BCUT2D eigenvalue weighted by atomic mass is 9.85. The van der Waals surface area contributed by atoms with Gasteiger partial charge < -0.3 is 25.4 Å². The predicted molar refractivity (Wildman–Crippen MR) is 127 cm³/mol. The molecule has 0 aliphatic carbocycles. The molecule has 2 rings (SSSR count). The molecular formula is C23H35BrN4O5. The van der Waals surface area contributed by atoms with Crippen LogP contribution in [0.25, 0.3) is 0 Å². The smallest absolute Gasteiger partial charge is 0.408 e. The molecule has 1 saturated heterocycles. The topological polar surface area (TPSA) is 121 Å². The van der Waals surface area contributed by atoms with E-state index in [0.717, 1.165) is 4.47 Å². The first-order valence-corrected chi connectivity index (χ1v) is 11.8. The number of pyridine rings is 1. The second kappa shape index (κ2) is 10.4. The summed E-state index contributed by atoms with van der Waals surface area (Å²) >= 11 is 3.33. The molecule has 9 nitrogen and oxygen atoms in total. The van der Waals surface area contributed by atoms with Crippen molar-refractivity contribution < 1.29 is 24.2 Å². The number of hydrogen-bond donors (Lipinski definition) is 3. The standard InChI is InChI=1S/C23H35BrN4O5/c1-13(16-9-8-14(24)11-25-16)26-19(30)17-10-15(29)12-28(17)20(31)18(22(2,3)4)27-21(32)33-23(5,6)7/h8-9,11,13,15,17-18,29H,10,12H2,1-7H3,(H,26,30)(H,27,32)/t13-,15+,17-,18+/m0/s1. The summed E-state index contributed by atoms with van der Waals surface area (Å²) in [6.45, 7) is 12.5. The van der Waals surface area contributed by atoms with E-state index < -0.39 is 47.2 Å². The highest BCUT2D eigenvalue weighted by atomic mass is 79.9. The molecule has 0 bridgehead atoms. The van der Waals surface area contributed by atoms with Crippen molar-refractivity contribution in [2.75, 3.05) is 6.54 Å². The number of amides is 3. The number of aliphatic hydroxyl groups is 1. The maximum absolute atomic E-state index is 13.5. The molecule has 184 valence electrons. The lowest BCUT2D eigenvalue weighted by Crippen LogP contribution is -2.58. The van der Waals surface area contributed by atoms with Gasteiger partial charge in [0.05, 0.1) is 17.8 Å². The van der Waals surface area contributed by atoms with E-state index in [2.05, 4.69) is 31.5 Å². The SMILES string of the molecule is C[C@H](NC(=O)[C@@H]1C[C@@H](O)CN1C(=O)[C@@H](NC(=O)OC(C)(C)C)C(C)(C)C)c1ccc(Br)cn1. The van der Waals surface area contributed by atoms with Crippen molar-refractivity contribution in [1.29, 1.82) is 0 Å². The molecule has 1 aliphatic rings. The van der Waals surface area contributed by atoms with Gasteiger partial charge in [-0.15, -0.1) is 0 Å². The molecular weight excluding hydrogens is 492 g/mol. The van der Waals surface area contributed by atoms with E-state index in [4.69, 9.17) is 4.74 Å². The highest BCUT2D eigenvalue weighted by Gasteiger charge is 2.45. The number of aromatic nitrogens is 1. The molecule has 0 aromatic carbocycles. The van der Waals surface area contributed by atoms with Crippen LogP contribution in [-0.4, -0.2) is 63.2 Å². The Balaban J connectivity index is 2.18. The number of carbonyl (C=O) groups excluding carboxylic acids is 3. The molecule has 1 aromatic rings. The van der Waals surface area contributed by atoms with Crippen molar-refractivity contribution in [3.05, 3.63) is 28.5 Å². The van der Waals surface area contributed by atoms with Gasteiger partial charge in [-0.2, -0.15) is 0 Å². The number of nitrogens with zero attached hydrogens (tertiary/aromatic N) is 2. The Morgan fingerprint density at radius 2 is 1.82 bits per heavy atom. The van der Waals surface area contributed by atoms with Crippen molar-refractivity contribution in [3.8, 4) is 0 Å². The largest absolute Gasteiger partial charge is 0.444 e. The zero-order chi connectivity index (χ0) is 25.1. The molecule has 4 atom stereocenters. The number of nitrogens with one attached hydrogen (secondary N) is 2. The van der Waals surface area contributed by atoms with Crippen molar-refractivity contribution in [2.45, 2.75) is 84.7 Å². The number of aliphatic hydroxyl groups excluding tert-OH is 1. The average molecular weight is 527 g/mol. The second-order valence-electron chi connectivity index (χ2n) is 10.5. The molecule has 10 heteroatoms. The summed E-state index contributed by atoms with van der Waals surface area (Å²) in [5, 5.41) is 15.8. The fourth-order valence-corrected chi connectivity index (χ4v) is 3.81. The lowest BCUT2D eigenvalue weighted by molar-refractivity contribution is -0.142. The van der Waals surface area contributed by atoms with E-state index in [1.807, 2.05) is 26.8 Å². The predicted octanol–water partition coefficient (Wildman–Crippen LogP) is 2.92. The molecule has 2 heterocycles. The van der Waals surface area contributed by atoms with Gasteiger partial charge in [0.25, 0.3) is 0 Å². The minimum Gasteiger partial charge on any atom is -0.444 e. The van der Waals surface area contributed by atoms with Gasteiger partial charge in [-0.3, -0.25) is 14.6 Å². The van der Waals surface area contributed by atoms with Crippen molar-refractivity contribution in [3.63, 3.8) is 0 Å². The Bertz CT molecular complexity index is 863. The lowest BCUT2D eigenvalue weighted by Gasteiger charge is -2.35. The summed E-state index contributed by atoms with van der Waals surface area (Å²) in [7, 11) is 0. The summed E-state index contributed by atoms with van der Waals surface area (Å²) in [5.74, 6) is -0.832. The van der Waals surface area contributed by atoms with Gasteiger partial charge in [-0.25, -0.2) is 4.79 Å². The monoisotopic (exact) mass is 526 g/mol. The number of ether oxygens (including phenoxy) is 1. The van der Waals surface area contributed by atoms with E-state index in [9.17, 15) is 19.5 Å². The molecule has 1 aromatic heterocycles. The molecule has 0 spiro atoms. The van der Waals surface area contributed by atoms with Crippen LogP contribution in [0.4, 0.5) is 4.79 Å². The van der Waals surface area contributed by atoms with E-state index >= 15 is 0 Å². The number of β-amino-alcohol motifs (C(OH)–C–C–N with tert-alkyl or cyclic N) is 1. The fraction of sp³-hybridized carbons (Fsp3) is 0.652. The molecule has 3 amide bonds. The maximum atomic E-state index is 13.5. The Kier molecular flexibility index (Phi) is 8.51. The first-order valence-electron chi connectivity index (χ1n) is 11.0. The summed E-state index contributed by atoms with van der Waals surface area (Å²) < 4.78 is 6.15. The molecule has 1 aliphatic heterocycles. The Labute approximate surface area is 203 Å². The summed E-state index contributed by atoms with van der Waals surface area (Å²) in [6.07, 6.45) is 0.199. The van der Waals surface area contributed by atoms with Crippen LogP contribution in [0.1, 0.15) is 66.6 Å². The Morgan fingerprint density at radius 3 is 2.33 bits per heavy atom. The summed E-state index contributed by atoms with van der Waals surface area (Å²) in [4.78, 5) is 44.6. The number of likely N-dealkylation sites (tertiary alicyclic amines) is 1. The van der Waals surface area contributed by atoms with Crippen LogP contribution in [0.2, 0.25) is 0 Å². The number of carbonyl (C=O) groups is 3. The van der Waals surface area contributed by atoms with E-state index in [-0.39, 0.29) is 18.9 Å². The van der Waals surface area contributed by atoms with Crippen molar-refractivity contribution in [2.24, 2.45) is 5.41 Å². The van der Waals surface area contributed by atoms with E-state index in [1.54, 1.807) is 40.0 Å². The molecule has 0 radical (unpaired) electrons. The minimum atomic E-state index is -0.946. The van der Waals surface area contributed by atoms with Crippen LogP contribution in [-0.2, 0) is 14.3 Å². The minimum absolute atomic E-state index is 0.00438. The Hall–Kier alpha value is -2.20. The number of halogens is 1. The zero-order valence-electron chi connectivity index (χ0n) is 20.3.